The van der Waals surface area contributed by atoms with Gasteiger partial charge in [0.15, 0.2) is 0 Å². The zero-order chi connectivity index (χ0) is 11.8. The maximum absolute atomic E-state index is 13.0. The molecule has 1 aromatic carbocycles. The minimum absolute atomic E-state index is 0.00138. The molecule has 1 fully saturated rings. The van der Waals surface area contributed by atoms with E-state index in [0.717, 1.165) is 18.4 Å². The van der Waals surface area contributed by atoms with E-state index in [1.165, 1.54) is 6.07 Å². The minimum Gasteiger partial charge on any atom is -0.351 e. The zero-order valence-corrected chi connectivity index (χ0v) is 10.6. The lowest BCUT2D eigenvalue weighted by Crippen LogP contribution is -2.35. The van der Waals surface area contributed by atoms with Gasteiger partial charge in [0.2, 0.25) is 5.91 Å². The van der Waals surface area contributed by atoms with Crippen molar-refractivity contribution in [1.82, 2.24) is 5.32 Å². The van der Waals surface area contributed by atoms with Gasteiger partial charge in [-0.2, -0.15) is 0 Å². The van der Waals surface area contributed by atoms with Crippen molar-refractivity contribution in [1.29, 1.82) is 0 Å². The summed E-state index contributed by atoms with van der Waals surface area (Å²) in [6.07, 6.45) is 2.40. The number of carbonyl (C=O) groups is 1. The molecule has 1 N–H and O–H groups in total. The molecule has 1 aliphatic carbocycles. The van der Waals surface area contributed by atoms with E-state index >= 15 is 0 Å². The third-order valence-electron chi connectivity index (χ3n) is 2.79. The first-order chi connectivity index (χ1) is 7.48. The molecule has 0 radical (unpaired) electrons. The predicted molar refractivity (Wildman–Crippen MR) is 63.6 cm³/mol. The summed E-state index contributed by atoms with van der Waals surface area (Å²) in [5.74, 6) is -0.308. The molecule has 0 aliphatic heterocycles. The van der Waals surface area contributed by atoms with Crippen molar-refractivity contribution in [3.8, 4) is 0 Å². The first-order valence-electron chi connectivity index (χ1n) is 5.23. The molecule has 1 saturated carbocycles. The summed E-state index contributed by atoms with van der Waals surface area (Å²) in [6, 6.07) is 4.64. The monoisotopic (exact) mass is 285 g/mol. The lowest BCUT2D eigenvalue weighted by atomic mass is 10.1. The highest BCUT2D eigenvalue weighted by Crippen LogP contribution is 2.34. The van der Waals surface area contributed by atoms with Crippen LogP contribution in [0.4, 0.5) is 4.39 Å². The van der Waals surface area contributed by atoms with Gasteiger partial charge in [-0.05, 0) is 53.4 Å². The van der Waals surface area contributed by atoms with Crippen molar-refractivity contribution in [2.45, 2.75) is 31.7 Å². The summed E-state index contributed by atoms with van der Waals surface area (Å²) in [7, 11) is 0. The highest BCUT2D eigenvalue weighted by molar-refractivity contribution is 9.10. The third-order valence-corrected chi connectivity index (χ3v) is 3.40. The smallest absolute Gasteiger partial charge is 0.224 e. The van der Waals surface area contributed by atoms with Crippen LogP contribution < -0.4 is 5.32 Å². The molecule has 86 valence electrons. The summed E-state index contributed by atoms with van der Waals surface area (Å²) >= 11 is 3.10. The Morgan fingerprint density at radius 3 is 2.81 bits per heavy atom. The Morgan fingerprint density at radius 1 is 1.56 bits per heavy atom. The third kappa shape index (κ3) is 2.82. The van der Waals surface area contributed by atoms with Crippen LogP contribution in [0.5, 0.6) is 0 Å². The van der Waals surface area contributed by atoms with Crippen molar-refractivity contribution in [3.05, 3.63) is 34.1 Å². The topological polar surface area (TPSA) is 29.1 Å². The SMILES string of the molecule is CC1(NC(=O)Cc2ccc(F)c(Br)c2)CC1. The molecule has 0 saturated heterocycles. The molecule has 0 spiro atoms. The van der Waals surface area contributed by atoms with E-state index in [0.29, 0.717) is 10.9 Å². The molecule has 0 unspecified atom stereocenters. The minimum atomic E-state index is -0.307. The van der Waals surface area contributed by atoms with Crippen molar-refractivity contribution in [3.63, 3.8) is 0 Å². The number of benzene rings is 1. The van der Waals surface area contributed by atoms with E-state index in [1.54, 1.807) is 12.1 Å². The average Bonchev–Trinajstić information content (AvgIpc) is 2.89. The van der Waals surface area contributed by atoms with Gasteiger partial charge in [-0.25, -0.2) is 4.39 Å². The summed E-state index contributed by atoms with van der Waals surface area (Å²) in [5, 5.41) is 2.96. The van der Waals surface area contributed by atoms with Crippen molar-refractivity contribution < 1.29 is 9.18 Å². The van der Waals surface area contributed by atoms with Gasteiger partial charge in [-0.1, -0.05) is 6.07 Å². The van der Waals surface area contributed by atoms with Crippen LogP contribution in [0, 0.1) is 5.82 Å². The second-order valence-electron chi connectivity index (χ2n) is 4.53. The molecular formula is C12H13BrFNO. The maximum atomic E-state index is 13.0. The van der Waals surface area contributed by atoms with Crippen LogP contribution >= 0.6 is 15.9 Å². The first-order valence-corrected chi connectivity index (χ1v) is 6.03. The Kier molecular flexibility index (Phi) is 3.02. The maximum Gasteiger partial charge on any atom is 0.224 e. The summed E-state index contributed by atoms with van der Waals surface area (Å²) in [4.78, 5) is 11.6. The molecule has 16 heavy (non-hydrogen) atoms. The summed E-state index contributed by atoms with van der Waals surface area (Å²) in [5.41, 5.74) is 0.823. The van der Waals surface area contributed by atoms with Gasteiger partial charge < -0.3 is 5.32 Å². The molecule has 0 bridgehead atoms. The van der Waals surface area contributed by atoms with E-state index in [9.17, 15) is 9.18 Å². The van der Waals surface area contributed by atoms with E-state index in [2.05, 4.69) is 21.2 Å². The zero-order valence-electron chi connectivity index (χ0n) is 9.02. The number of halogens is 2. The van der Waals surface area contributed by atoms with Gasteiger partial charge in [0.05, 0.1) is 10.9 Å². The van der Waals surface area contributed by atoms with E-state index in [4.69, 9.17) is 0 Å². The van der Waals surface area contributed by atoms with Crippen LogP contribution in [0.15, 0.2) is 22.7 Å². The van der Waals surface area contributed by atoms with Gasteiger partial charge in [0.1, 0.15) is 5.82 Å². The number of hydrogen-bond donors (Lipinski definition) is 1. The fourth-order valence-electron chi connectivity index (χ4n) is 1.53. The fourth-order valence-corrected chi connectivity index (χ4v) is 1.95. The Hall–Kier alpha value is -0.900. The molecule has 4 heteroatoms. The van der Waals surface area contributed by atoms with Crippen LogP contribution in [0.2, 0.25) is 0 Å². The number of rotatable bonds is 3. The van der Waals surface area contributed by atoms with E-state index in [1.807, 2.05) is 6.92 Å². The van der Waals surface area contributed by atoms with Crippen LogP contribution in [0.3, 0.4) is 0 Å². The average molecular weight is 286 g/mol. The quantitative estimate of drug-likeness (QED) is 0.909. The lowest BCUT2D eigenvalue weighted by Gasteiger charge is -2.11. The molecule has 2 rings (SSSR count). The largest absolute Gasteiger partial charge is 0.351 e. The van der Waals surface area contributed by atoms with Crippen LogP contribution in [-0.4, -0.2) is 11.4 Å². The number of nitrogens with one attached hydrogen (secondary N) is 1. The molecule has 2 nitrogen and oxygen atoms in total. The predicted octanol–water partition coefficient (Wildman–Crippen LogP) is 2.80. The number of amides is 1. The molecular weight excluding hydrogens is 273 g/mol. The van der Waals surface area contributed by atoms with Gasteiger partial charge in [-0.15, -0.1) is 0 Å². The highest BCUT2D eigenvalue weighted by Gasteiger charge is 2.38. The fraction of sp³-hybridized carbons (Fsp3) is 0.417. The Bertz CT molecular complexity index is 429. The van der Waals surface area contributed by atoms with E-state index < -0.39 is 0 Å². The Labute approximate surface area is 102 Å². The Morgan fingerprint density at radius 2 is 2.25 bits per heavy atom. The molecule has 0 atom stereocenters. The van der Waals surface area contributed by atoms with Gasteiger partial charge in [0.25, 0.3) is 0 Å². The second kappa shape index (κ2) is 4.17. The molecule has 1 aliphatic rings. The summed E-state index contributed by atoms with van der Waals surface area (Å²) in [6.45, 7) is 2.03. The number of carbonyl (C=O) groups excluding carboxylic acids is 1. The summed E-state index contributed by atoms with van der Waals surface area (Å²) < 4.78 is 13.4. The molecule has 1 amide bonds. The molecule has 0 aromatic heterocycles. The van der Waals surface area contributed by atoms with Crippen LogP contribution in [-0.2, 0) is 11.2 Å². The second-order valence-corrected chi connectivity index (χ2v) is 5.39. The van der Waals surface area contributed by atoms with Crippen molar-refractivity contribution in [2.75, 3.05) is 0 Å². The van der Waals surface area contributed by atoms with Gasteiger partial charge in [0, 0.05) is 5.54 Å². The van der Waals surface area contributed by atoms with Crippen molar-refractivity contribution in [2.24, 2.45) is 0 Å². The Balaban J connectivity index is 1.97. The van der Waals surface area contributed by atoms with Crippen LogP contribution in [0.1, 0.15) is 25.3 Å². The lowest BCUT2D eigenvalue weighted by molar-refractivity contribution is -0.121. The van der Waals surface area contributed by atoms with E-state index in [-0.39, 0.29) is 17.3 Å². The van der Waals surface area contributed by atoms with Crippen molar-refractivity contribution >= 4 is 21.8 Å². The standard InChI is InChI=1S/C12H13BrFNO/c1-12(4-5-12)15-11(16)7-8-2-3-10(14)9(13)6-8/h2-3,6H,4-5,7H2,1H3,(H,15,16). The highest BCUT2D eigenvalue weighted by atomic mass is 79.9. The normalized spacial score (nSPS) is 16.9. The van der Waals surface area contributed by atoms with Crippen LogP contribution in [0.25, 0.3) is 0 Å². The van der Waals surface area contributed by atoms with Gasteiger partial charge in [-0.3, -0.25) is 4.79 Å². The number of hydrogen-bond acceptors (Lipinski definition) is 1. The van der Waals surface area contributed by atoms with Gasteiger partial charge >= 0.3 is 0 Å². The molecule has 0 heterocycles. The molecule has 1 aromatic rings. The first kappa shape index (κ1) is 11.6.